The highest BCUT2D eigenvalue weighted by molar-refractivity contribution is 7.92. The van der Waals surface area contributed by atoms with E-state index < -0.39 is 25.3 Å². The molecule has 0 saturated heterocycles. The molecule has 5 aromatic rings. The first-order valence-electron chi connectivity index (χ1n) is 12.0. The van der Waals surface area contributed by atoms with Crippen molar-refractivity contribution < 1.29 is 21.3 Å². The summed E-state index contributed by atoms with van der Waals surface area (Å²) in [5.41, 5.74) is 3.69. The maximum Gasteiger partial charge on any atom is 0.274 e. The van der Waals surface area contributed by atoms with Crippen LogP contribution in [0, 0.1) is 0 Å². The zero-order chi connectivity index (χ0) is 27.5. The molecule has 10 nitrogen and oxygen atoms in total. The monoisotopic (exact) mass is 583 g/mol. The number of rotatable bonds is 11. The smallest absolute Gasteiger partial charge is 0.274 e. The van der Waals surface area contributed by atoms with Crippen molar-refractivity contribution in [3.05, 3.63) is 101 Å². The van der Waals surface area contributed by atoms with Gasteiger partial charge in [-0.25, -0.2) is 18.5 Å². The van der Waals surface area contributed by atoms with Gasteiger partial charge in [0.25, 0.3) is 10.2 Å². The minimum absolute atomic E-state index is 0.115. The minimum atomic E-state index is -4.00. The summed E-state index contributed by atoms with van der Waals surface area (Å²) >= 11 is 1.24. The quantitative estimate of drug-likeness (QED) is 0.238. The second-order valence-electron chi connectivity index (χ2n) is 8.84. The average Bonchev–Trinajstić information content (AvgIpc) is 3.54. The SMILES string of the molecule is NS(=O)(=O)NCc1nnc(C(c2nc3ccc(-c4ccccc4)cc3s2)S(=O)(=O)CCCc2ccccc2)o1. The van der Waals surface area contributed by atoms with Crippen molar-refractivity contribution in [1.29, 1.82) is 0 Å². The molecule has 2 heterocycles. The maximum absolute atomic E-state index is 13.7. The van der Waals surface area contributed by atoms with Crippen LogP contribution in [0.3, 0.4) is 0 Å². The lowest BCUT2D eigenvalue weighted by atomic mass is 10.1. The number of fused-ring (bicyclic) bond motifs is 1. The Bertz CT molecular complexity index is 1790. The van der Waals surface area contributed by atoms with E-state index in [0.29, 0.717) is 23.4 Å². The van der Waals surface area contributed by atoms with E-state index in [2.05, 4.69) is 19.9 Å². The number of nitrogens with zero attached hydrogens (tertiary/aromatic N) is 3. The summed E-state index contributed by atoms with van der Waals surface area (Å²) in [6.07, 6.45) is 0.973. The van der Waals surface area contributed by atoms with Gasteiger partial charge in [-0.15, -0.1) is 21.5 Å². The summed E-state index contributed by atoms with van der Waals surface area (Å²) in [4.78, 5) is 4.63. The average molecular weight is 584 g/mol. The summed E-state index contributed by atoms with van der Waals surface area (Å²) in [5.74, 6) is -0.426. The van der Waals surface area contributed by atoms with Crippen molar-refractivity contribution >= 4 is 41.6 Å². The van der Waals surface area contributed by atoms with Crippen molar-refractivity contribution in [2.45, 2.75) is 24.6 Å². The van der Waals surface area contributed by atoms with Crippen LogP contribution in [0.2, 0.25) is 0 Å². The van der Waals surface area contributed by atoms with E-state index in [9.17, 15) is 16.8 Å². The van der Waals surface area contributed by atoms with Crippen LogP contribution in [0.1, 0.15) is 34.0 Å². The minimum Gasteiger partial charge on any atom is -0.422 e. The second kappa shape index (κ2) is 11.3. The normalized spacial score (nSPS) is 13.1. The highest BCUT2D eigenvalue weighted by Crippen LogP contribution is 2.37. The van der Waals surface area contributed by atoms with Gasteiger partial charge in [0.1, 0.15) is 5.01 Å². The summed E-state index contributed by atoms with van der Waals surface area (Å²) in [5, 5.41) is 11.8. The molecule has 0 aliphatic heterocycles. The van der Waals surface area contributed by atoms with Gasteiger partial charge in [0.05, 0.1) is 22.5 Å². The van der Waals surface area contributed by atoms with Gasteiger partial charge in [0.15, 0.2) is 15.1 Å². The fourth-order valence-electron chi connectivity index (χ4n) is 4.12. The van der Waals surface area contributed by atoms with Crippen molar-refractivity contribution in [2.75, 3.05) is 5.75 Å². The topological polar surface area (TPSA) is 158 Å². The molecular formula is C26H25N5O5S3. The number of aromatic nitrogens is 3. The number of thiazole rings is 1. The Morgan fingerprint density at radius 3 is 2.33 bits per heavy atom. The molecule has 1 unspecified atom stereocenters. The Morgan fingerprint density at radius 2 is 1.62 bits per heavy atom. The first kappa shape index (κ1) is 27.1. The first-order chi connectivity index (χ1) is 18.7. The molecule has 202 valence electrons. The Morgan fingerprint density at radius 1 is 0.897 bits per heavy atom. The molecule has 2 aromatic heterocycles. The number of nitrogens with two attached hydrogens (primary N) is 1. The first-order valence-corrected chi connectivity index (χ1v) is 16.1. The van der Waals surface area contributed by atoms with Crippen molar-refractivity contribution in [3.8, 4) is 11.1 Å². The molecule has 0 amide bonds. The second-order valence-corrected chi connectivity index (χ2v) is 13.5. The van der Waals surface area contributed by atoms with Gasteiger partial charge < -0.3 is 4.42 Å². The molecule has 0 saturated carbocycles. The molecule has 0 fully saturated rings. The van der Waals surface area contributed by atoms with Crippen LogP contribution in [0.4, 0.5) is 0 Å². The third-order valence-electron chi connectivity index (χ3n) is 5.96. The molecule has 5 rings (SSSR count). The molecule has 3 aromatic carbocycles. The molecule has 0 spiro atoms. The van der Waals surface area contributed by atoms with Crippen molar-refractivity contribution in [1.82, 2.24) is 19.9 Å². The zero-order valence-corrected chi connectivity index (χ0v) is 23.0. The summed E-state index contributed by atoms with van der Waals surface area (Å²) in [6, 6.07) is 25.2. The maximum atomic E-state index is 13.7. The molecule has 0 bridgehead atoms. The highest BCUT2D eigenvalue weighted by Gasteiger charge is 2.36. The predicted molar refractivity (Wildman–Crippen MR) is 150 cm³/mol. The Labute approximate surface area is 230 Å². The fraction of sp³-hybridized carbons (Fsp3) is 0.192. The van der Waals surface area contributed by atoms with Gasteiger partial charge in [-0.1, -0.05) is 66.7 Å². The van der Waals surface area contributed by atoms with Crippen LogP contribution in [0.15, 0.2) is 83.3 Å². The van der Waals surface area contributed by atoms with Crippen LogP contribution < -0.4 is 9.86 Å². The van der Waals surface area contributed by atoms with E-state index in [0.717, 1.165) is 21.4 Å². The van der Waals surface area contributed by atoms with E-state index in [4.69, 9.17) is 9.56 Å². The molecule has 1 atom stereocenters. The number of hydrogen-bond donors (Lipinski definition) is 2. The van der Waals surface area contributed by atoms with E-state index in [1.54, 1.807) is 0 Å². The van der Waals surface area contributed by atoms with E-state index in [-0.39, 0.29) is 24.1 Å². The van der Waals surface area contributed by atoms with Gasteiger partial charge in [0, 0.05) is 0 Å². The third kappa shape index (κ3) is 6.75. The lowest BCUT2D eigenvalue weighted by Crippen LogP contribution is -2.30. The summed E-state index contributed by atoms with van der Waals surface area (Å²) in [7, 11) is -7.85. The molecule has 13 heteroatoms. The van der Waals surface area contributed by atoms with Crippen molar-refractivity contribution in [3.63, 3.8) is 0 Å². The fourth-order valence-corrected chi connectivity index (χ4v) is 7.56. The van der Waals surface area contributed by atoms with E-state index in [1.165, 1.54) is 11.3 Å². The Hall–Kier alpha value is -3.49. The molecule has 3 N–H and O–H groups in total. The Kier molecular flexibility index (Phi) is 7.86. The van der Waals surface area contributed by atoms with Gasteiger partial charge in [-0.2, -0.15) is 13.1 Å². The highest BCUT2D eigenvalue weighted by atomic mass is 32.2. The van der Waals surface area contributed by atoms with Gasteiger partial charge in [-0.3, -0.25) is 0 Å². The Balaban J connectivity index is 1.48. The number of aryl methyl sites for hydroxylation is 1. The van der Waals surface area contributed by atoms with Crippen LogP contribution in [-0.4, -0.2) is 37.8 Å². The van der Waals surface area contributed by atoms with Crippen LogP contribution in [0.25, 0.3) is 21.3 Å². The summed E-state index contributed by atoms with van der Waals surface area (Å²) in [6.45, 7) is -0.368. The van der Waals surface area contributed by atoms with Gasteiger partial charge in [0.2, 0.25) is 11.8 Å². The van der Waals surface area contributed by atoms with Crippen molar-refractivity contribution in [2.24, 2.45) is 5.14 Å². The molecule has 39 heavy (non-hydrogen) atoms. The molecule has 0 aliphatic rings. The molecular weight excluding hydrogens is 559 g/mol. The van der Waals surface area contributed by atoms with E-state index in [1.807, 2.05) is 78.9 Å². The largest absolute Gasteiger partial charge is 0.422 e. The summed E-state index contributed by atoms with van der Waals surface area (Å²) < 4.78 is 58.5. The van der Waals surface area contributed by atoms with Crippen LogP contribution in [0.5, 0.6) is 0 Å². The lowest BCUT2D eigenvalue weighted by Gasteiger charge is -2.12. The van der Waals surface area contributed by atoms with E-state index >= 15 is 0 Å². The molecule has 0 radical (unpaired) electrons. The van der Waals surface area contributed by atoms with Gasteiger partial charge >= 0.3 is 0 Å². The number of benzene rings is 3. The molecule has 0 aliphatic carbocycles. The standard InChI is InChI=1S/C26H25N5O5S3/c27-39(34,35)28-17-23-30-31-25(36-23)24(38(32,33)15-7-10-18-8-3-1-4-9-18)26-29-21-14-13-20(16-22(21)37-26)19-11-5-2-6-12-19/h1-6,8-9,11-14,16,24,28H,7,10,15,17H2,(H2,27,34,35). The number of sulfone groups is 1. The zero-order valence-electron chi connectivity index (χ0n) is 20.6. The van der Waals surface area contributed by atoms with Crippen LogP contribution in [-0.2, 0) is 33.0 Å². The predicted octanol–water partition coefficient (Wildman–Crippen LogP) is 3.78. The third-order valence-corrected chi connectivity index (χ3v) is 9.74. The van der Waals surface area contributed by atoms with Crippen LogP contribution >= 0.6 is 11.3 Å². The number of nitrogens with one attached hydrogen (secondary N) is 1. The van der Waals surface area contributed by atoms with Gasteiger partial charge in [-0.05, 0) is 41.7 Å². The lowest BCUT2D eigenvalue weighted by molar-refractivity contribution is 0.443. The number of hydrogen-bond acceptors (Lipinski definition) is 9.